The van der Waals surface area contributed by atoms with E-state index < -0.39 is 0 Å². The molecule has 0 aliphatic rings. The Labute approximate surface area is 36.6 Å². The predicted molar refractivity (Wildman–Crippen MR) is 31.7 cm³/mol. The Kier molecular flexibility index (Phi) is 5.07. The van der Waals surface area contributed by atoms with E-state index in [9.17, 15) is 0 Å². The Morgan fingerprint density at radius 3 is 2.40 bits per heavy atom. The standard InChI is InChI=1S/C2H7B2P/c1-2-3-4-5/h2,5H2,1H3. The Morgan fingerprint density at radius 1 is 1.80 bits per heavy atom. The molecule has 0 rings (SSSR count). The van der Waals surface area contributed by atoms with Crippen molar-refractivity contribution in [2.24, 2.45) is 0 Å². The SMILES string of the molecule is CCB=BP. The minimum atomic E-state index is 1.14. The molecule has 0 fully saturated rings. The van der Waals surface area contributed by atoms with Gasteiger partial charge in [0.1, 0.15) is 0 Å². The van der Waals surface area contributed by atoms with Crippen molar-refractivity contribution < 1.29 is 0 Å². The quantitative estimate of drug-likeness (QED) is 0.321. The summed E-state index contributed by atoms with van der Waals surface area (Å²) in [5.41, 5.74) is 0. The van der Waals surface area contributed by atoms with Gasteiger partial charge >= 0.3 is 35.7 Å². The van der Waals surface area contributed by atoms with Crippen LogP contribution in [0.3, 0.4) is 0 Å². The van der Waals surface area contributed by atoms with Crippen molar-refractivity contribution in [2.75, 3.05) is 0 Å². The van der Waals surface area contributed by atoms with Gasteiger partial charge in [-0.3, -0.25) is 0 Å². The summed E-state index contributed by atoms with van der Waals surface area (Å²) in [6.45, 7) is 6.17. The van der Waals surface area contributed by atoms with Crippen LogP contribution < -0.4 is 0 Å². The van der Waals surface area contributed by atoms with Crippen molar-refractivity contribution in [2.45, 2.75) is 13.2 Å². The minimum absolute atomic E-state index is 1.14. The normalized spacial score (nSPS) is 6.80. The molecule has 0 N–H and O–H groups in total. The van der Waals surface area contributed by atoms with Gasteiger partial charge in [0.2, 0.25) is 0 Å². The first-order chi connectivity index (χ1) is 2.41. The van der Waals surface area contributed by atoms with Crippen LogP contribution in [-0.4, -0.2) is 13.3 Å². The summed E-state index contributed by atoms with van der Waals surface area (Å²) in [6, 6.07) is 0. The molecule has 1 atom stereocenters. The molecule has 0 saturated carbocycles. The van der Waals surface area contributed by atoms with Crippen LogP contribution in [0.1, 0.15) is 6.92 Å². The summed E-state index contributed by atoms with van der Waals surface area (Å²) in [4.78, 5) is 0. The molecule has 3 heteroatoms. The van der Waals surface area contributed by atoms with Crippen molar-refractivity contribution >= 4 is 22.4 Å². The molecule has 0 saturated heterocycles. The predicted octanol–water partition coefficient (Wildman–Crippen LogP) is 0.538. The van der Waals surface area contributed by atoms with Gasteiger partial charge in [0.15, 0.2) is 0 Å². The van der Waals surface area contributed by atoms with Gasteiger partial charge in [-0.05, 0) is 0 Å². The molecule has 0 aromatic rings. The zero-order chi connectivity index (χ0) is 4.12. The van der Waals surface area contributed by atoms with E-state index in [0.29, 0.717) is 0 Å². The van der Waals surface area contributed by atoms with E-state index in [1.165, 1.54) is 0 Å². The Bertz CT molecular complexity index is 34.6. The van der Waals surface area contributed by atoms with E-state index in [4.69, 9.17) is 0 Å². The van der Waals surface area contributed by atoms with Crippen molar-refractivity contribution in [3.63, 3.8) is 0 Å². The second-order valence-electron chi connectivity index (χ2n) is 0.836. The maximum absolute atomic E-state index is 2.52. The third-order valence-electron chi connectivity index (χ3n) is 0.372. The number of hydrogen-bond acceptors (Lipinski definition) is 0. The van der Waals surface area contributed by atoms with E-state index in [-0.39, 0.29) is 0 Å². The summed E-state index contributed by atoms with van der Waals surface area (Å²) in [5, 5.41) is 0. The van der Waals surface area contributed by atoms with Gasteiger partial charge in [0.25, 0.3) is 0 Å². The number of rotatable bonds is 1. The van der Waals surface area contributed by atoms with Gasteiger partial charge in [-0.25, -0.2) is 0 Å². The van der Waals surface area contributed by atoms with Crippen molar-refractivity contribution in [3.05, 3.63) is 0 Å². The van der Waals surface area contributed by atoms with Gasteiger partial charge in [0.05, 0.1) is 0 Å². The molecule has 26 valence electrons. The molecule has 0 aliphatic carbocycles. The van der Waals surface area contributed by atoms with Crippen molar-refractivity contribution in [3.8, 4) is 0 Å². The first-order valence-corrected chi connectivity index (χ1v) is 2.45. The fourth-order valence-electron chi connectivity index (χ4n) is 0.136. The second-order valence-corrected chi connectivity index (χ2v) is 1.22. The van der Waals surface area contributed by atoms with E-state index in [2.05, 4.69) is 22.8 Å². The monoisotopic (exact) mass is 84.0 g/mol. The molecule has 0 bridgehead atoms. The van der Waals surface area contributed by atoms with E-state index in [1.807, 2.05) is 6.52 Å². The van der Waals surface area contributed by atoms with Crippen LogP contribution in [0, 0.1) is 0 Å². The van der Waals surface area contributed by atoms with Gasteiger partial charge in [-0.2, -0.15) is 0 Å². The van der Waals surface area contributed by atoms with Gasteiger partial charge < -0.3 is 0 Å². The first-order valence-electron chi connectivity index (χ1n) is 1.78. The molecular formula is C2H7B2P. The molecule has 1 unspecified atom stereocenters. The summed E-state index contributed by atoms with van der Waals surface area (Å²) in [7, 11) is 2.52. The molecule has 0 radical (unpaired) electrons. The molecule has 0 aromatic carbocycles. The van der Waals surface area contributed by atoms with Crippen LogP contribution in [0.2, 0.25) is 6.32 Å². The van der Waals surface area contributed by atoms with Crippen LogP contribution >= 0.6 is 9.12 Å². The van der Waals surface area contributed by atoms with Crippen molar-refractivity contribution in [1.82, 2.24) is 0 Å². The molecule has 5 heavy (non-hydrogen) atoms. The first kappa shape index (κ1) is 5.56. The fourth-order valence-corrected chi connectivity index (χ4v) is 0.408. The van der Waals surface area contributed by atoms with Gasteiger partial charge in [-0.15, -0.1) is 0 Å². The Hall–Kier alpha value is 0.560. The van der Waals surface area contributed by atoms with Crippen LogP contribution in [0.15, 0.2) is 0 Å². The summed E-state index contributed by atoms with van der Waals surface area (Å²) >= 11 is 0. The zero-order valence-electron chi connectivity index (χ0n) is 3.44. The zero-order valence-corrected chi connectivity index (χ0v) is 4.59. The van der Waals surface area contributed by atoms with E-state index in [0.717, 1.165) is 6.32 Å². The summed E-state index contributed by atoms with van der Waals surface area (Å²) in [5.74, 6) is 0. The Balaban J connectivity index is 2.62. The number of hydrogen-bond donors (Lipinski definition) is 0. The Morgan fingerprint density at radius 2 is 2.40 bits per heavy atom. The summed E-state index contributed by atoms with van der Waals surface area (Å²) < 4.78 is 0. The molecule has 0 heterocycles. The maximum atomic E-state index is 2.52. The van der Waals surface area contributed by atoms with Crippen molar-refractivity contribution in [1.29, 1.82) is 0 Å². The third-order valence-corrected chi connectivity index (χ3v) is 0.644. The molecule has 0 amide bonds. The molecule has 0 nitrogen and oxygen atoms in total. The second kappa shape index (κ2) is 4.56. The topological polar surface area (TPSA) is 0 Å². The average molecular weight is 83.7 g/mol. The van der Waals surface area contributed by atoms with Crippen LogP contribution in [0.25, 0.3) is 0 Å². The molecule has 0 spiro atoms. The molecule has 0 aromatic heterocycles. The third kappa shape index (κ3) is 4.56. The van der Waals surface area contributed by atoms with E-state index >= 15 is 0 Å². The van der Waals surface area contributed by atoms with E-state index in [1.54, 1.807) is 0 Å². The average Bonchev–Trinajstić information content (AvgIpc) is 1.41. The summed E-state index contributed by atoms with van der Waals surface area (Å²) in [6.07, 6.45) is 1.14. The van der Waals surface area contributed by atoms with Gasteiger partial charge in [-0.1, -0.05) is 0 Å². The van der Waals surface area contributed by atoms with Crippen LogP contribution in [-0.2, 0) is 0 Å². The van der Waals surface area contributed by atoms with Crippen LogP contribution in [0.5, 0.6) is 0 Å². The van der Waals surface area contributed by atoms with Gasteiger partial charge in [0, 0.05) is 0 Å². The molecule has 0 aliphatic heterocycles. The van der Waals surface area contributed by atoms with Crippen LogP contribution in [0.4, 0.5) is 0 Å². The molecular weight excluding hydrogens is 76.6 g/mol. The fraction of sp³-hybridized carbons (Fsp3) is 1.00.